The third-order valence-corrected chi connectivity index (χ3v) is 5.72. The van der Waals surface area contributed by atoms with Crippen LogP contribution in [0.3, 0.4) is 0 Å². The highest BCUT2D eigenvalue weighted by atomic mass is 19.3. The van der Waals surface area contributed by atoms with Crippen molar-refractivity contribution in [2.75, 3.05) is 23.3 Å². The number of nitrogens with one attached hydrogen (secondary N) is 2. The molecule has 168 valence electrons. The van der Waals surface area contributed by atoms with Gasteiger partial charge in [0.2, 0.25) is 5.91 Å². The minimum Gasteiger partial charge on any atom is -0.370 e. The third kappa shape index (κ3) is 4.02. The van der Waals surface area contributed by atoms with Crippen molar-refractivity contribution in [1.82, 2.24) is 19.9 Å². The molecule has 0 spiro atoms. The summed E-state index contributed by atoms with van der Waals surface area (Å²) in [5.74, 6) is 0.160. The van der Waals surface area contributed by atoms with Crippen molar-refractivity contribution >= 4 is 28.4 Å². The molecule has 0 aromatic carbocycles. The minimum absolute atomic E-state index is 0.235. The highest BCUT2D eigenvalue weighted by Crippen LogP contribution is 2.40. The third-order valence-electron chi connectivity index (χ3n) is 5.72. The standard InChI is InChI=1S/C24H22F2N6O/c1-14(33)29-19-13-15(7-9-27-19)21-20(16-5-4-6-17(30-16)24(25)26)23-22(31-21)18(8-10-28-23)32-11-2-3-12-32/h4-10,13,24,31H,2-3,11-12H2,1H3,(H,27,29,33). The van der Waals surface area contributed by atoms with E-state index in [2.05, 4.69) is 30.2 Å². The zero-order valence-electron chi connectivity index (χ0n) is 18.0. The number of nitrogens with zero attached hydrogens (tertiary/aromatic N) is 4. The molecule has 9 heteroatoms. The Kier molecular flexibility index (Phi) is 5.45. The number of amides is 1. The van der Waals surface area contributed by atoms with Gasteiger partial charge in [0, 0.05) is 38.0 Å². The van der Waals surface area contributed by atoms with Gasteiger partial charge in [-0.25, -0.2) is 18.7 Å². The fraction of sp³-hybridized carbons (Fsp3) is 0.250. The zero-order chi connectivity index (χ0) is 22.9. The topological polar surface area (TPSA) is 86.8 Å². The number of pyridine rings is 3. The lowest BCUT2D eigenvalue weighted by molar-refractivity contribution is -0.114. The molecule has 1 aliphatic rings. The SMILES string of the molecule is CC(=O)Nc1cc(-c2[nH]c3c(N4CCCC4)ccnc3c2-c2cccc(C(F)F)n2)ccn1. The number of rotatable bonds is 5. The fourth-order valence-corrected chi connectivity index (χ4v) is 4.30. The number of aromatic amines is 1. The predicted octanol–water partition coefficient (Wildman–Crippen LogP) is 5.18. The van der Waals surface area contributed by atoms with Crippen LogP contribution in [0.4, 0.5) is 20.3 Å². The van der Waals surface area contributed by atoms with Gasteiger partial charge in [0.05, 0.1) is 28.2 Å². The Morgan fingerprint density at radius 2 is 1.91 bits per heavy atom. The van der Waals surface area contributed by atoms with Crippen LogP contribution in [0, 0.1) is 0 Å². The molecule has 0 saturated carbocycles. The summed E-state index contributed by atoms with van der Waals surface area (Å²) in [6.07, 6.45) is 2.88. The molecule has 0 aliphatic carbocycles. The maximum atomic E-state index is 13.4. The van der Waals surface area contributed by atoms with Crippen molar-refractivity contribution in [2.24, 2.45) is 0 Å². The van der Waals surface area contributed by atoms with Crippen LogP contribution in [0.5, 0.6) is 0 Å². The van der Waals surface area contributed by atoms with E-state index in [0.717, 1.165) is 42.7 Å². The molecule has 4 aromatic heterocycles. The van der Waals surface area contributed by atoms with E-state index >= 15 is 0 Å². The number of fused-ring (bicyclic) bond motifs is 1. The van der Waals surface area contributed by atoms with Gasteiger partial charge in [-0.15, -0.1) is 0 Å². The van der Waals surface area contributed by atoms with Crippen molar-refractivity contribution in [3.63, 3.8) is 0 Å². The van der Waals surface area contributed by atoms with E-state index in [1.165, 1.54) is 13.0 Å². The van der Waals surface area contributed by atoms with E-state index in [1.54, 1.807) is 36.7 Å². The second kappa shape index (κ2) is 8.57. The zero-order valence-corrected chi connectivity index (χ0v) is 18.0. The molecular weight excluding hydrogens is 426 g/mol. The Bertz CT molecular complexity index is 1330. The van der Waals surface area contributed by atoms with Crippen LogP contribution in [0.15, 0.2) is 48.8 Å². The Morgan fingerprint density at radius 1 is 1.12 bits per heavy atom. The van der Waals surface area contributed by atoms with Crippen molar-refractivity contribution in [2.45, 2.75) is 26.2 Å². The van der Waals surface area contributed by atoms with Gasteiger partial charge in [-0.2, -0.15) is 0 Å². The number of hydrogen-bond acceptors (Lipinski definition) is 5. The lowest BCUT2D eigenvalue weighted by Gasteiger charge is -2.18. The van der Waals surface area contributed by atoms with E-state index in [9.17, 15) is 13.6 Å². The highest BCUT2D eigenvalue weighted by molar-refractivity contribution is 6.05. The van der Waals surface area contributed by atoms with Crippen molar-refractivity contribution in [3.8, 4) is 22.5 Å². The Labute approximate surface area is 188 Å². The quantitative estimate of drug-likeness (QED) is 0.439. The van der Waals surface area contributed by atoms with Gasteiger partial charge in [-0.3, -0.25) is 9.78 Å². The predicted molar refractivity (Wildman–Crippen MR) is 123 cm³/mol. The number of halogens is 2. The van der Waals surface area contributed by atoms with E-state index in [-0.39, 0.29) is 11.6 Å². The molecule has 1 amide bonds. The van der Waals surface area contributed by atoms with Crippen LogP contribution in [0.25, 0.3) is 33.5 Å². The Morgan fingerprint density at radius 3 is 2.67 bits per heavy atom. The molecule has 1 aliphatic heterocycles. The lowest BCUT2D eigenvalue weighted by atomic mass is 10.0. The molecule has 7 nitrogen and oxygen atoms in total. The second-order valence-electron chi connectivity index (χ2n) is 7.98. The number of alkyl halides is 2. The summed E-state index contributed by atoms with van der Waals surface area (Å²) in [7, 11) is 0. The van der Waals surface area contributed by atoms with Crippen LogP contribution in [-0.2, 0) is 4.79 Å². The van der Waals surface area contributed by atoms with Gasteiger partial charge >= 0.3 is 0 Å². The first-order valence-corrected chi connectivity index (χ1v) is 10.8. The molecule has 4 aromatic rings. The smallest absolute Gasteiger partial charge is 0.280 e. The van der Waals surface area contributed by atoms with E-state index in [4.69, 9.17) is 0 Å². The molecule has 33 heavy (non-hydrogen) atoms. The maximum absolute atomic E-state index is 13.4. The number of carbonyl (C=O) groups excluding carboxylic acids is 1. The molecule has 1 saturated heterocycles. The Hall–Kier alpha value is -3.88. The van der Waals surface area contributed by atoms with Crippen LogP contribution < -0.4 is 10.2 Å². The van der Waals surface area contributed by atoms with Gasteiger partial charge in [-0.05, 0) is 43.2 Å². The number of aromatic nitrogens is 4. The van der Waals surface area contributed by atoms with Crippen molar-refractivity contribution in [3.05, 3.63) is 54.5 Å². The van der Waals surface area contributed by atoms with Gasteiger partial charge in [0.15, 0.2) is 0 Å². The number of hydrogen-bond donors (Lipinski definition) is 2. The average Bonchev–Trinajstić information content (AvgIpc) is 3.47. The van der Waals surface area contributed by atoms with Crippen LogP contribution in [0.1, 0.15) is 31.9 Å². The first-order valence-electron chi connectivity index (χ1n) is 10.8. The second-order valence-corrected chi connectivity index (χ2v) is 7.98. The van der Waals surface area contributed by atoms with Crippen LogP contribution in [-0.4, -0.2) is 38.9 Å². The molecule has 0 atom stereocenters. The minimum atomic E-state index is -2.68. The summed E-state index contributed by atoms with van der Waals surface area (Å²) >= 11 is 0. The summed E-state index contributed by atoms with van der Waals surface area (Å²) in [5.41, 5.74) is 4.66. The fourth-order valence-electron chi connectivity index (χ4n) is 4.30. The van der Waals surface area contributed by atoms with Gasteiger partial charge in [0.1, 0.15) is 17.0 Å². The molecule has 5 rings (SSSR count). The average molecular weight is 448 g/mol. The van der Waals surface area contributed by atoms with Crippen molar-refractivity contribution in [1.29, 1.82) is 0 Å². The summed E-state index contributed by atoms with van der Waals surface area (Å²) in [6, 6.07) is 10.1. The summed E-state index contributed by atoms with van der Waals surface area (Å²) in [5, 5.41) is 2.69. The van der Waals surface area contributed by atoms with Gasteiger partial charge in [0.25, 0.3) is 6.43 Å². The molecule has 0 unspecified atom stereocenters. The summed E-state index contributed by atoms with van der Waals surface area (Å²) in [4.78, 5) is 30.4. The Balaban J connectivity index is 1.76. The van der Waals surface area contributed by atoms with Crippen molar-refractivity contribution < 1.29 is 13.6 Å². The number of H-pyrrole nitrogens is 1. The lowest BCUT2D eigenvalue weighted by Crippen LogP contribution is -2.17. The largest absolute Gasteiger partial charge is 0.370 e. The maximum Gasteiger partial charge on any atom is 0.280 e. The van der Waals surface area contributed by atoms with Gasteiger partial charge < -0.3 is 15.2 Å². The monoisotopic (exact) mass is 448 g/mol. The first-order chi connectivity index (χ1) is 16.0. The van der Waals surface area contributed by atoms with E-state index in [0.29, 0.717) is 28.3 Å². The molecular formula is C24H22F2N6O. The van der Waals surface area contributed by atoms with Crippen LogP contribution in [0.2, 0.25) is 0 Å². The summed E-state index contributed by atoms with van der Waals surface area (Å²) in [6.45, 7) is 3.31. The highest BCUT2D eigenvalue weighted by Gasteiger charge is 2.23. The normalized spacial score (nSPS) is 13.8. The number of carbonyl (C=O) groups is 1. The molecule has 0 bridgehead atoms. The molecule has 0 radical (unpaired) electrons. The van der Waals surface area contributed by atoms with E-state index in [1.807, 2.05) is 6.07 Å². The first kappa shape index (κ1) is 21.0. The molecule has 2 N–H and O–H groups in total. The van der Waals surface area contributed by atoms with E-state index < -0.39 is 6.43 Å². The number of anilines is 2. The summed E-state index contributed by atoms with van der Waals surface area (Å²) < 4.78 is 26.9. The van der Waals surface area contributed by atoms with Gasteiger partial charge in [-0.1, -0.05) is 6.07 Å². The van der Waals surface area contributed by atoms with Crippen LogP contribution >= 0.6 is 0 Å². The molecule has 1 fully saturated rings. The molecule has 5 heterocycles.